The summed E-state index contributed by atoms with van der Waals surface area (Å²) < 4.78 is 5.34. The largest absolute Gasteiger partial charge is 0.496 e. The molecule has 2 amide bonds. The number of hydrogen-bond acceptors (Lipinski definition) is 3. The lowest BCUT2D eigenvalue weighted by Gasteiger charge is -2.37. The summed E-state index contributed by atoms with van der Waals surface area (Å²) in [4.78, 5) is 29.2. The average Bonchev–Trinajstić information content (AvgIpc) is 3.03. The zero-order chi connectivity index (χ0) is 19.0. The number of piperidine rings is 1. The maximum Gasteiger partial charge on any atom is 0.253 e. The van der Waals surface area contributed by atoms with Gasteiger partial charge in [-0.05, 0) is 49.1 Å². The van der Waals surface area contributed by atoms with Crippen molar-refractivity contribution in [1.29, 1.82) is 0 Å². The van der Waals surface area contributed by atoms with Gasteiger partial charge in [-0.1, -0.05) is 24.3 Å². The summed E-state index contributed by atoms with van der Waals surface area (Å²) in [7, 11) is 1.62. The zero-order valence-corrected chi connectivity index (χ0v) is 15.8. The van der Waals surface area contributed by atoms with E-state index in [0.29, 0.717) is 25.1 Å². The minimum atomic E-state index is 0.0277. The Morgan fingerprint density at radius 1 is 1.11 bits per heavy atom. The minimum Gasteiger partial charge on any atom is -0.496 e. The van der Waals surface area contributed by atoms with Crippen LogP contribution in [0.4, 0.5) is 5.69 Å². The van der Waals surface area contributed by atoms with Gasteiger partial charge in [0.15, 0.2) is 0 Å². The number of nitrogens with zero attached hydrogens (tertiary/aromatic N) is 2. The number of rotatable bonds is 3. The molecule has 2 aliphatic heterocycles. The van der Waals surface area contributed by atoms with Gasteiger partial charge < -0.3 is 14.5 Å². The van der Waals surface area contributed by atoms with Crippen molar-refractivity contribution >= 4 is 17.5 Å². The highest BCUT2D eigenvalue weighted by Gasteiger charge is 2.35. The fourth-order valence-corrected chi connectivity index (χ4v) is 4.14. The van der Waals surface area contributed by atoms with Gasteiger partial charge in [0, 0.05) is 30.4 Å². The van der Waals surface area contributed by atoms with Gasteiger partial charge in [0.1, 0.15) is 5.75 Å². The van der Waals surface area contributed by atoms with Crippen molar-refractivity contribution in [2.24, 2.45) is 0 Å². The van der Waals surface area contributed by atoms with Crippen LogP contribution in [0.3, 0.4) is 0 Å². The van der Waals surface area contributed by atoms with Crippen LogP contribution in [-0.4, -0.2) is 43.0 Å². The Hall–Kier alpha value is -2.82. The predicted octanol–water partition coefficient (Wildman–Crippen LogP) is 3.20. The maximum absolute atomic E-state index is 12.9. The van der Waals surface area contributed by atoms with Crippen LogP contribution >= 0.6 is 0 Å². The zero-order valence-electron chi connectivity index (χ0n) is 15.8. The van der Waals surface area contributed by atoms with Crippen molar-refractivity contribution in [3.63, 3.8) is 0 Å². The highest BCUT2D eigenvalue weighted by atomic mass is 16.5. The third-order valence-corrected chi connectivity index (χ3v) is 5.63. The van der Waals surface area contributed by atoms with Crippen LogP contribution in [0.2, 0.25) is 0 Å². The molecule has 0 spiro atoms. The van der Waals surface area contributed by atoms with E-state index in [2.05, 4.69) is 0 Å². The van der Waals surface area contributed by atoms with Crippen LogP contribution in [0, 0.1) is 6.92 Å². The molecular weight excluding hydrogens is 340 g/mol. The molecule has 0 N–H and O–H groups in total. The van der Waals surface area contributed by atoms with E-state index >= 15 is 0 Å². The second-order valence-corrected chi connectivity index (χ2v) is 7.28. The smallest absolute Gasteiger partial charge is 0.253 e. The summed E-state index contributed by atoms with van der Waals surface area (Å²) in [6.45, 7) is 3.28. The van der Waals surface area contributed by atoms with Crippen molar-refractivity contribution in [2.75, 3.05) is 25.1 Å². The summed E-state index contributed by atoms with van der Waals surface area (Å²) in [6, 6.07) is 13.8. The molecule has 0 radical (unpaired) electrons. The first kappa shape index (κ1) is 17.6. The molecule has 0 unspecified atom stereocenters. The maximum atomic E-state index is 12.9. The number of likely N-dealkylation sites (tertiary alicyclic amines) is 1. The third kappa shape index (κ3) is 3.18. The van der Waals surface area contributed by atoms with Gasteiger partial charge in [-0.3, -0.25) is 9.59 Å². The quantitative estimate of drug-likeness (QED) is 0.840. The van der Waals surface area contributed by atoms with Crippen LogP contribution in [-0.2, 0) is 11.2 Å². The topological polar surface area (TPSA) is 49.9 Å². The molecule has 4 rings (SSSR count). The minimum absolute atomic E-state index is 0.0277. The number of amides is 2. The Bertz CT molecular complexity index is 885. The molecule has 2 aromatic rings. The number of anilines is 1. The Morgan fingerprint density at radius 2 is 1.85 bits per heavy atom. The molecule has 2 aliphatic rings. The van der Waals surface area contributed by atoms with E-state index in [9.17, 15) is 9.59 Å². The lowest BCUT2D eigenvalue weighted by molar-refractivity contribution is -0.118. The monoisotopic (exact) mass is 364 g/mol. The van der Waals surface area contributed by atoms with Crippen molar-refractivity contribution < 1.29 is 14.3 Å². The average molecular weight is 364 g/mol. The SMILES string of the molecule is COc1cc(C(=O)N2CCC(N3C(=O)Cc4ccccc43)CC2)ccc1C. The summed E-state index contributed by atoms with van der Waals surface area (Å²) in [5.74, 6) is 0.930. The fourth-order valence-electron chi connectivity index (χ4n) is 4.14. The normalized spacial score (nSPS) is 17.2. The van der Waals surface area contributed by atoms with Crippen LogP contribution in [0.1, 0.15) is 34.3 Å². The molecule has 0 aromatic heterocycles. The summed E-state index contributed by atoms with van der Waals surface area (Å²) in [6.07, 6.45) is 2.09. The Kier molecular flexibility index (Phi) is 4.60. The Morgan fingerprint density at radius 3 is 2.59 bits per heavy atom. The molecule has 140 valence electrons. The lowest BCUT2D eigenvalue weighted by atomic mass is 10.0. The second-order valence-electron chi connectivity index (χ2n) is 7.28. The van der Waals surface area contributed by atoms with Crippen molar-refractivity contribution in [3.8, 4) is 5.75 Å². The van der Waals surface area contributed by atoms with Gasteiger partial charge in [0.25, 0.3) is 5.91 Å². The first-order valence-electron chi connectivity index (χ1n) is 9.42. The van der Waals surface area contributed by atoms with E-state index in [1.54, 1.807) is 7.11 Å². The first-order valence-corrected chi connectivity index (χ1v) is 9.42. The van der Waals surface area contributed by atoms with Gasteiger partial charge in [0.2, 0.25) is 5.91 Å². The van der Waals surface area contributed by atoms with Gasteiger partial charge >= 0.3 is 0 Å². The molecular formula is C22H24N2O3. The highest BCUT2D eigenvalue weighted by molar-refractivity contribution is 6.02. The summed E-state index contributed by atoms with van der Waals surface area (Å²) >= 11 is 0. The number of fused-ring (bicyclic) bond motifs is 1. The lowest BCUT2D eigenvalue weighted by Crippen LogP contribution is -2.48. The number of carbonyl (C=O) groups is 2. The summed E-state index contributed by atoms with van der Waals surface area (Å²) in [5.41, 5.74) is 3.81. The number of aryl methyl sites for hydroxylation is 1. The van der Waals surface area contributed by atoms with Crippen molar-refractivity contribution in [2.45, 2.75) is 32.2 Å². The van der Waals surface area contributed by atoms with E-state index in [1.807, 2.05) is 59.2 Å². The number of para-hydroxylation sites is 1. The molecule has 0 saturated carbocycles. The highest BCUT2D eigenvalue weighted by Crippen LogP contribution is 2.33. The molecule has 1 saturated heterocycles. The molecule has 27 heavy (non-hydrogen) atoms. The first-order chi connectivity index (χ1) is 13.1. The fraction of sp³-hybridized carbons (Fsp3) is 0.364. The number of benzene rings is 2. The van der Waals surface area contributed by atoms with Gasteiger partial charge in [0.05, 0.1) is 13.5 Å². The molecule has 1 fully saturated rings. The summed E-state index contributed by atoms with van der Waals surface area (Å²) in [5, 5.41) is 0. The number of hydrogen-bond donors (Lipinski definition) is 0. The van der Waals surface area contributed by atoms with Crippen molar-refractivity contribution in [1.82, 2.24) is 4.90 Å². The molecule has 0 aliphatic carbocycles. The molecule has 0 atom stereocenters. The predicted molar refractivity (Wildman–Crippen MR) is 104 cm³/mol. The van der Waals surface area contributed by atoms with E-state index in [4.69, 9.17) is 4.74 Å². The van der Waals surface area contributed by atoms with Crippen LogP contribution in [0.25, 0.3) is 0 Å². The Labute approximate surface area is 159 Å². The molecule has 0 bridgehead atoms. The second kappa shape index (κ2) is 7.06. The third-order valence-electron chi connectivity index (χ3n) is 5.63. The van der Waals surface area contributed by atoms with E-state index < -0.39 is 0 Å². The molecule has 5 heteroatoms. The van der Waals surface area contributed by atoms with Gasteiger partial charge in [-0.25, -0.2) is 0 Å². The number of ether oxygens (including phenoxy) is 1. The van der Waals surface area contributed by atoms with E-state index in [0.717, 1.165) is 35.4 Å². The van der Waals surface area contributed by atoms with Crippen LogP contribution in [0.15, 0.2) is 42.5 Å². The molecule has 2 aromatic carbocycles. The standard InChI is InChI=1S/C22H24N2O3/c1-15-7-8-17(13-20(15)27-2)22(26)23-11-9-18(10-12-23)24-19-6-4-3-5-16(19)14-21(24)25/h3-8,13,18H,9-12,14H2,1-2H3. The molecule has 2 heterocycles. The van der Waals surface area contributed by atoms with E-state index in [-0.39, 0.29) is 17.9 Å². The Balaban J connectivity index is 1.45. The van der Waals surface area contributed by atoms with Crippen molar-refractivity contribution in [3.05, 3.63) is 59.2 Å². The van der Waals surface area contributed by atoms with Crippen LogP contribution in [0.5, 0.6) is 5.75 Å². The van der Waals surface area contributed by atoms with E-state index in [1.165, 1.54) is 0 Å². The molecule has 5 nitrogen and oxygen atoms in total. The van der Waals surface area contributed by atoms with Gasteiger partial charge in [-0.15, -0.1) is 0 Å². The number of carbonyl (C=O) groups excluding carboxylic acids is 2. The number of methoxy groups -OCH3 is 1. The van der Waals surface area contributed by atoms with Crippen LogP contribution < -0.4 is 9.64 Å². The van der Waals surface area contributed by atoms with Gasteiger partial charge in [-0.2, -0.15) is 0 Å².